The third-order valence-corrected chi connectivity index (χ3v) is 3.99. The van der Waals surface area contributed by atoms with Crippen molar-refractivity contribution in [3.63, 3.8) is 0 Å². The Morgan fingerprint density at radius 2 is 1.83 bits per heavy atom. The molecule has 0 atom stereocenters. The van der Waals surface area contributed by atoms with Crippen LogP contribution < -0.4 is 10.6 Å². The number of aromatic nitrogens is 2. The second kappa shape index (κ2) is 8.15. The van der Waals surface area contributed by atoms with Gasteiger partial charge in [0.15, 0.2) is 5.96 Å². The Morgan fingerprint density at radius 3 is 2.62 bits per heavy atom. The van der Waals surface area contributed by atoms with Crippen LogP contribution in [0.3, 0.4) is 0 Å². The lowest BCUT2D eigenvalue weighted by Gasteiger charge is -2.11. The van der Waals surface area contributed by atoms with Gasteiger partial charge < -0.3 is 15.6 Å². The molecule has 0 amide bonds. The normalized spacial score (nSPS) is 11.6. The molecule has 24 heavy (non-hydrogen) atoms. The van der Waals surface area contributed by atoms with E-state index in [1.54, 1.807) is 7.05 Å². The largest absolute Gasteiger partial charge is 0.361 e. The van der Waals surface area contributed by atoms with Crippen LogP contribution in [0.1, 0.15) is 11.3 Å². The zero-order valence-corrected chi connectivity index (χ0v) is 13.9. The molecule has 0 aliphatic carbocycles. The summed E-state index contributed by atoms with van der Waals surface area (Å²) in [5, 5.41) is 7.98. The van der Waals surface area contributed by atoms with Gasteiger partial charge >= 0.3 is 0 Å². The van der Waals surface area contributed by atoms with E-state index in [1.165, 1.54) is 16.5 Å². The van der Waals surface area contributed by atoms with Gasteiger partial charge in [0.05, 0.1) is 0 Å². The van der Waals surface area contributed by atoms with Gasteiger partial charge in [0, 0.05) is 55.5 Å². The van der Waals surface area contributed by atoms with Crippen LogP contribution in [0.2, 0.25) is 0 Å². The minimum Gasteiger partial charge on any atom is -0.361 e. The molecule has 0 bridgehead atoms. The van der Waals surface area contributed by atoms with Crippen molar-refractivity contribution in [1.29, 1.82) is 0 Å². The topological polar surface area (TPSA) is 65.1 Å². The van der Waals surface area contributed by atoms with Crippen molar-refractivity contribution < 1.29 is 0 Å². The Hall–Kier alpha value is -2.82. The van der Waals surface area contributed by atoms with Gasteiger partial charge in [-0.2, -0.15) is 0 Å². The number of guanidine groups is 1. The Balaban J connectivity index is 1.44. The predicted octanol–water partition coefficient (Wildman–Crippen LogP) is 2.51. The monoisotopic (exact) mass is 321 g/mol. The summed E-state index contributed by atoms with van der Waals surface area (Å²) in [4.78, 5) is 11.9. The molecule has 0 spiro atoms. The molecular formula is C19H23N5. The second-order valence-corrected chi connectivity index (χ2v) is 5.61. The van der Waals surface area contributed by atoms with Crippen LogP contribution in [-0.2, 0) is 12.8 Å². The number of hydrogen-bond donors (Lipinski definition) is 3. The first-order valence-corrected chi connectivity index (χ1v) is 8.26. The lowest BCUT2D eigenvalue weighted by atomic mass is 10.1. The molecule has 0 aliphatic rings. The van der Waals surface area contributed by atoms with E-state index >= 15 is 0 Å². The lowest BCUT2D eigenvalue weighted by Crippen LogP contribution is -2.39. The Kier molecular flexibility index (Phi) is 5.45. The molecule has 1 aromatic carbocycles. The Morgan fingerprint density at radius 1 is 1.04 bits per heavy atom. The highest BCUT2D eigenvalue weighted by Crippen LogP contribution is 2.17. The number of nitrogens with zero attached hydrogens (tertiary/aromatic N) is 2. The van der Waals surface area contributed by atoms with Crippen LogP contribution in [-0.4, -0.2) is 36.1 Å². The number of aliphatic imine (C=N–C) groups is 1. The predicted molar refractivity (Wildman–Crippen MR) is 99.3 cm³/mol. The van der Waals surface area contributed by atoms with Crippen molar-refractivity contribution in [3.8, 4) is 0 Å². The van der Waals surface area contributed by atoms with Crippen molar-refractivity contribution in [3.05, 3.63) is 66.1 Å². The molecular weight excluding hydrogens is 298 g/mol. The number of para-hydroxylation sites is 1. The number of aromatic amines is 1. The average molecular weight is 321 g/mol. The molecule has 0 saturated heterocycles. The molecule has 3 rings (SSSR count). The van der Waals surface area contributed by atoms with E-state index in [0.29, 0.717) is 0 Å². The van der Waals surface area contributed by atoms with Crippen molar-refractivity contribution in [2.24, 2.45) is 4.99 Å². The van der Waals surface area contributed by atoms with Crippen LogP contribution in [0, 0.1) is 0 Å². The zero-order valence-electron chi connectivity index (χ0n) is 13.9. The summed E-state index contributed by atoms with van der Waals surface area (Å²) in [6.45, 7) is 1.65. The quantitative estimate of drug-likeness (QED) is 0.483. The molecule has 0 fully saturated rings. The number of H-pyrrole nitrogens is 1. The number of rotatable bonds is 6. The Bertz CT molecular complexity index is 792. The van der Waals surface area contributed by atoms with Crippen LogP contribution in [0.4, 0.5) is 0 Å². The minimum atomic E-state index is 0.809. The van der Waals surface area contributed by atoms with Gasteiger partial charge in [-0.05, 0) is 30.2 Å². The maximum Gasteiger partial charge on any atom is 0.190 e. The molecule has 2 heterocycles. The van der Waals surface area contributed by atoms with Gasteiger partial charge in [-0.15, -0.1) is 0 Å². The van der Waals surface area contributed by atoms with Gasteiger partial charge in [0.1, 0.15) is 0 Å². The second-order valence-electron chi connectivity index (χ2n) is 5.61. The molecule has 3 aromatic rings. The standard InChI is InChI=1S/C19H23N5/c1-20-19(23-13-10-16-6-4-5-11-21-16)22-12-9-15-14-24-18-8-3-2-7-17(15)18/h2-8,11,14,24H,9-10,12-13H2,1H3,(H2,20,22,23). The van der Waals surface area contributed by atoms with E-state index in [2.05, 4.69) is 50.0 Å². The third-order valence-electron chi connectivity index (χ3n) is 3.99. The first-order valence-electron chi connectivity index (χ1n) is 8.26. The molecule has 5 heteroatoms. The van der Waals surface area contributed by atoms with Gasteiger partial charge in [-0.3, -0.25) is 9.98 Å². The molecule has 0 unspecified atom stereocenters. The van der Waals surface area contributed by atoms with E-state index in [-0.39, 0.29) is 0 Å². The van der Waals surface area contributed by atoms with Crippen LogP contribution in [0.25, 0.3) is 10.9 Å². The maximum absolute atomic E-state index is 4.32. The highest BCUT2D eigenvalue weighted by atomic mass is 15.2. The summed E-state index contributed by atoms with van der Waals surface area (Å²) in [5.74, 6) is 0.825. The van der Waals surface area contributed by atoms with Crippen molar-refractivity contribution >= 4 is 16.9 Å². The van der Waals surface area contributed by atoms with Crippen molar-refractivity contribution in [2.75, 3.05) is 20.1 Å². The molecule has 5 nitrogen and oxygen atoms in total. The third kappa shape index (κ3) is 4.13. The summed E-state index contributed by atoms with van der Waals surface area (Å²) in [5.41, 5.74) is 3.59. The van der Waals surface area contributed by atoms with E-state index in [9.17, 15) is 0 Å². The van der Waals surface area contributed by atoms with Crippen LogP contribution >= 0.6 is 0 Å². The minimum absolute atomic E-state index is 0.809. The summed E-state index contributed by atoms with van der Waals surface area (Å²) < 4.78 is 0. The zero-order chi connectivity index (χ0) is 16.6. The number of pyridine rings is 1. The molecule has 124 valence electrons. The van der Waals surface area contributed by atoms with E-state index < -0.39 is 0 Å². The van der Waals surface area contributed by atoms with Gasteiger partial charge in [0.2, 0.25) is 0 Å². The van der Waals surface area contributed by atoms with E-state index in [0.717, 1.165) is 37.6 Å². The van der Waals surface area contributed by atoms with Crippen molar-refractivity contribution in [2.45, 2.75) is 12.8 Å². The first kappa shape index (κ1) is 16.1. The average Bonchev–Trinajstić information content (AvgIpc) is 3.04. The number of nitrogens with one attached hydrogen (secondary N) is 3. The van der Waals surface area contributed by atoms with Crippen molar-refractivity contribution in [1.82, 2.24) is 20.6 Å². The molecule has 0 radical (unpaired) electrons. The molecule has 3 N–H and O–H groups in total. The number of benzene rings is 1. The fourth-order valence-corrected chi connectivity index (χ4v) is 2.73. The summed E-state index contributed by atoms with van der Waals surface area (Å²) in [6, 6.07) is 14.4. The van der Waals surface area contributed by atoms with Gasteiger partial charge in [-0.1, -0.05) is 24.3 Å². The highest BCUT2D eigenvalue weighted by Gasteiger charge is 2.03. The molecule has 2 aromatic heterocycles. The van der Waals surface area contributed by atoms with Crippen LogP contribution in [0.15, 0.2) is 59.9 Å². The van der Waals surface area contributed by atoms with E-state index in [1.807, 2.05) is 30.5 Å². The summed E-state index contributed by atoms with van der Waals surface area (Å²) in [7, 11) is 1.79. The summed E-state index contributed by atoms with van der Waals surface area (Å²) in [6.07, 6.45) is 5.74. The Labute approximate surface area is 142 Å². The summed E-state index contributed by atoms with van der Waals surface area (Å²) >= 11 is 0. The van der Waals surface area contributed by atoms with Gasteiger partial charge in [-0.25, -0.2) is 0 Å². The van der Waals surface area contributed by atoms with E-state index in [4.69, 9.17) is 0 Å². The maximum atomic E-state index is 4.32. The fraction of sp³-hybridized carbons (Fsp3) is 0.263. The smallest absolute Gasteiger partial charge is 0.190 e. The fourth-order valence-electron chi connectivity index (χ4n) is 2.73. The number of fused-ring (bicyclic) bond motifs is 1. The number of hydrogen-bond acceptors (Lipinski definition) is 2. The van der Waals surface area contributed by atoms with Crippen LogP contribution in [0.5, 0.6) is 0 Å². The SMILES string of the molecule is CN=C(NCCc1ccccn1)NCCc1c[nH]c2ccccc12. The lowest BCUT2D eigenvalue weighted by molar-refractivity contribution is 0.777. The molecule has 0 aliphatic heterocycles. The first-order chi connectivity index (χ1) is 11.9. The highest BCUT2D eigenvalue weighted by molar-refractivity contribution is 5.83. The molecule has 0 saturated carbocycles. The van der Waals surface area contributed by atoms with Gasteiger partial charge in [0.25, 0.3) is 0 Å².